The van der Waals surface area contributed by atoms with Crippen LogP contribution in [0.1, 0.15) is 23.6 Å². The number of nitrogens with zero attached hydrogens (tertiary/aromatic N) is 2. The van der Waals surface area contributed by atoms with Crippen LogP contribution in [0.25, 0.3) is 11.0 Å². The van der Waals surface area contributed by atoms with E-state index >= 15 is 0 Å². The van der Waals surface area contributed by atoms with Crippen molar-refractivity contribution in [1.29, 1.82) is 0 Å². The van der Waals surface area contributed by atoms with Gasteiger partial charge in [-0.25, -0.2) is 13.2 Å². The number of alkyl halides is 3. The van der Waals surface area contributed by atoms with Crippen LogP contribution in [0.3, 0.4) is 0 Å². The van der Waals surface area contributed by atoms with E-state index in [0.29, 0.717) is 25.2 Å². The van der Waals surface area contributed by atoms with Gasteiger partial charge in [0.15, 0.2) is 0 Å². The number of aryl methyl sites for hydroxylation is 1. The van der Waals surface area contributed by atoms with Gasteiger partial charge in [0.1, 0.15) is 5.58 Å². The Morgan fingerprint density at radius 2 is 1.70 bits per heavy atom. The van der Waals surface area contributed by atoms with Gasteiger partial charge in [-0.2, -0.15) is 17.5 Å². The molecule has 10 heteroatoms. The van der Waals surface area contributed by atoms with Crippen molar-refractivity contribution in [3.8, 4) is 0 Å². The molecule has 1 aliphatic heterocycles. The Balaban J connectivity index is 1.52. The topological polar surface area (TPSA) is 70.8 Å². The van der Waals surface area contributed by atoms with Crippen molar-refractivity contribution in [3.05, 3.63) is 75.6 Å². The first-order chi connectivity index (χ1) is 15.6. The zero-order valence-electron chi connectivity index (χ0n) is 17.9. The Morgan fingerprint density at radius 1 is 1.00 bits per heavy atom. The van der Waals surface area contributed by atoms with E-state index in [1.54, 1.807) is 0 Å². The number of fused-ring (bicyclic) bond motifs is 1. The van der Waals surface area contributed by atoms with E-state index in [0.717, 1.165) is 39.4 Å². The minimum atomic E-state index is -4.77. The molecule has 0 bridgehead atoms. The molecule has 0 atom stereocenters. The van der Waals surface area contributed by atoms with E-state index in [1.165, 1.54) is 18.2 Å². The Hall–Kier alpha value is -2.69. The molecule has 4 rings (SSSR count). The lowest BCUT2D eigenvalue weighted by molar-refractivity contribution is -0.139. The second-order valence-corrected chi connectivity index (χ2v) is 9.86. The summed E-state index contributed by atoms with van der Waals surface area (Å²) in [6.07, 6.45) is -3.96. The molecule has 2 aromatic carbocycles. The number of halogens is 3. The first-order valence-electron chi connectivity index (χ1n) is 10.5. The molecule has 1 saturated heterocycles. The summed E-state index contributed by atoms with van der Waals surface area (Å²) in [6, 6.07) is 11.4. The summed E-state index contributed by atoms with van der Waals surface area (Å²) in [5.74, 6) is 0. The molecule has 0 spiro atoms. The molecule has 0 aliphatic carbocycles. The van der Waals surface area contributed by atoms with Gasteiger partial charge < -0.3 is 4.42 Å². The SMILES string of the molecule is CCc1ccc2c(CN3CCN(S(=O)(=O)c4ccccc4C(F)(F)F)CC3)cc(=O)oc2c1. The van der Waals surface area contributed by atoms with Crippen LogP contribution in [0.4, 0.5) is 13.2 Å². The fourth-order valence-corrected chi connectivity index (χ4v) is 5.69. The molecule has 0 N–H and O–H groups in total. The quantitative estimate of drug-likeness (QED) is 0.519. The van der Waals surface area contributed by atoms with E-state index in [2.05, 4.69) is 0 Å². The number of hydrogen-bond acceptors (Lipinski definition) is 5. The van der Waals surface area contributed by atoms with Gasteiger partial charge >= 0.3 is 11.8 Å². The van der Waals surface area contributed by atoms with Crippen LogP contribution in [0.5, 0.6) is 0 Å². The predicted molar refractivity (Wildman–Crippen MR) is 117 cm³/mol. The van der Waals surface area contributed by atoms with E-state index in [9.17, 15) is 26.4 Å². The largest absolute Gasteiger partial charge is 0.423 e. The van der Waals surface area contributed by atoms with Crippen molar-refractivity contribution >= 4 is 21.0 Å². The van der Waals surface area contributed by atoms with Gasteiger partial charge in [0.25, 0.3) is 0 Å². The van der Waals surface area contributed by atoms with Gasteiger partial charge in [-0.05, 0) is 35.7 Å². The molecule has 6 nitrogen and oxygen atoms in total. The highest BCUT2D eigenvalue weighted by Gasteiger charge is 2.39. The summed E-state index contributed by atoms with van der Waals surface area (Å²) < 4.78 is 72.3. The van der Waals surface area contributed by atoms with Crippen LogP contribution in [0, 0.1) is 0 Å². The standard InChI is InChI=1S/C23H23F3N2O4S/c1-2-16-7-8-18-17(14-22(29)32-20(18)13-16)15-27-9-11-28(12-10-27)33(30,31)21-6-4-3-5-19(21)23(24,25)26/h3-8,13-14H,2,9-12,15H2,1H3. The molecule has 0 amide bonds. The molecular weight excluding hydrogens is 457 g/mol. The third kappa shape index (κ3) is 4.83. The van der Waals surface area contributed by atoms with Crippen molar-refractivity contribution in [2.75, 3.05) is 26.2 Å². The van der Waals surface area contributed by atoms with Crippen molar-refractivity contribution in [2.24, 2.45) is 0 Å². The van der Waals surface area contributed by atoms with Crippen LogP contribution in [0.2, 0.25) is 0 Å². The predicted octanol–water partition coefficient (Wildman–Crippen LogP) is 3.88. The van der Waals surface area contributed by atoms with E-state index < -0.39 is 32.3 Å². The van der Waals surface area contributed by atoms with Crippen LogP contribution in [-0.4, -0.2) is 43.8 Å². The molecule has 0 unspecified atom stereocenters. The second kappa shape index (κ2) is 8.92. The van der Waals surface area contributed by atoms with Crippen molar-refractivity contribution in [1.82, 2.24) is 9.21 Å². The summed E-state index contributed by atoms with van der Waals surface area (Å²) in [6.45, 7) is 3.15. The Morgan fingerprint density at radius 3 is 2.36 bits per heavy atom. The normalized spacial score (nSPS) is 16.4. The first kappa shape index (κ1) is 23.5. The monoisotopic (exact) mass is 480 g/mol. The van der Waals surface area contributed by atoms with Gasteiger partial charge in [-0.15, -0.1) is 0 Å². The van der Waals surface area contributed by atoms with E-state index in [4.69, 9.17) is 4.42 Å². The Labute approximate surface area is 189 Å². The van der Waals surface area contributed by atoms with Crippen molar-refractivity contribution in [3.63, 3.8) is 0 Å². The maximum Gasteiger partial charge on any atom is 0.417 e. The molecular formula is C23H23F3N2O4S. The number of sulfonamides is 1. The van der Waals surface area contributed by atoms with Crippen LogP contribution in [0.15, 0.2) is 62.6 Å². The molecule has 0 saturated carbocycles. The molecule has 176 valence electrons. The third-order valence-electron chi connectivity index (χ3n) is 5.84. The summed E-state index contributed by atoms with van der Waals surface area (Å²) in [4.78, 5) is 13.3. The second-order valence-electron chi connectivity index (χ2n) is 7.95. The number of hydrogen-bond donors (Lipinski definition) is 0. The molecule has 33 heavy (non-hydrogen) atoms. The average molecular weight is 481 g/mol. The summed E-state index contributed by atoms with van der Waals surface area (Å²) >= 11 is 0. The highest BCUT2D eigenvalue weighted by Crippen LogP contribution is 2.35. The lowest BCUT2D eigenvalue weighted by Crippen LogP contribution is -2.48. The first-order valence-corrected chi connectivity index (χ1v) is 12.0. The number of rotatable bonds is 5. The number of piperazine rings is 1. The van der Waals surface area contributed by atoms with E-state index in [1.807, 2.05) is 30.0 Å². The summed E-state index contributed by atoms with van der Waals surface area (Å²) in [5.41, 5.74) is 0.683. The number of benzene rings is 2. The summed E-state index contributed by atoms with van der Waals surface area (Å²) in [5, 5.41) is 0.806. The fourth-order valence-electron chi connectivity index (χ4n) is 4.06. The van der Waals surface area contributed by atoms with Gasteiger partial charge in [0.2, 0.25) is 10.0 Å². The molecule has 1 fully saturated rings. The highest BCUT2D eigenvalue weighted by atomic mass is 32.2. The zero-order chi connectivity index (χ0) is 23.8. The minimum absolute atomic E-state index is 0.0495. The Bertz CT molecular complexity index is 1330. The van der Waals surface area contributed by atoms with Gasteiger partial charge in [-0.1, -0.05) is 31.2 Å². The molecule has 3 aromatic rings. The molecule has 1 aliphatic rings. The Kier molecular flexibility index (Phi) is 6.35. The van der Waals surface area contributed by atoms with Crippen LogP contribution in [-0.2, 0) is 29.2 Å². The summed E-state index contributed by atoms with van der Waals surface area (Å²) in [7, 11) is -4.30. The highest BCUT2D eigenvalue weighted by molar-refractivity contribution is 7.89. The fraction of sp³-hybridized carbons (Fsp3) is 0.348. The third-order valence-corrected chi connectivity index (χ3v) is 7.80. The maximum absolute atomic E-state index is 13.3. The lowest BCUT2D eigenvalue weighted by Gasteiger charge is -2.34. The van der Waals surface area contributed by atoms with E-state index in [-0.39, 0.29) is 13.1 Å². The maximum atomic E-state index is 13.3. The molecule has 2 heterocycles. The van der Waals surface area contributed by atoms with Crippen LogP contribution < -0.4 is 5.63 Å². The molecule has 1 aromatic heterocycles. The average Bonchev–Trinajstić information content (AvgIpc) is 2.78. The smallest absolute Gasteiger partial charge is 0.417 e. The van der Waals surface area contributed by atoms with Crippen molar-refractivity contribution in [2.45, 2.75) is 31.0 Å². The van der Waals surface area contributed by atoms with Crippen LogP contribution >= 0.6 is 0 Å². The van der Waals surface area contributed by atoms with Gasteiger partial charge in [0, 0.05) is 44.2 Å². The van der Waals surface area contributed by atoms with Crippen molar-refractivity contribution < 1.29 is 26.0 Å². The lowest BCUT2D eigenvalue weighted by atomic mass is 10.1. The minimum Gasteiger partial charge on any atom is -0.423 e. The molecule has 0 radical (unpaired) electrons. The zero-order valence-corrected chi connectivity index (χ0v) is 18.7. The van der Waals surface area contributed by atoms with Gasteiger partial charge in [0.05, 0.1) is 10.5 Å². The van der Waals surface area contributed by atoms with Gasteiger partial charge in [-0.3, -0.25) is 4.90 Å².